The highest BCUT2D eigenvalue weighted by Crippen LogP contribution is 2.11. The summed E-state index contributed by atoms with van der Waals surface area (Å²) >= 11 is 0. The van der Waals surface area contributed by atoms with E-state index in [4.69, 9.17) is 16.2 Å². The van der Waals surface area contributed by atoms with E-state index in [1.807, 2.05) is 12.1 Å². The topological polar surface area (TPSA) is 117 Å². The summed E-state index contributed by atoms with van der Waals surface area (Å²) in [6.07, 6.45) is -0.780. The average molecular weight is 267 g/mol. The Morgan fingerprint density at radius 1 is 1.16 bits per heavy atom. The second-order valence-corrected chi connectivity index (χ2v) is 3.74. The maximum Gasteiger partial charge on any atom is 0.404 e. The molecule has 7 heteroatoms. The molecule has 5 N–H and O–H groups in total. The van der Waals surface area contributed by atoms with Gasteiger partial charge in [-0.25, -0.2) is 4.79 Å². The van der Waals surface area contributed by atoms with Crippen molar-refractivity contribution in [3.8, 4) is 5.75 Å². The maximum atomic E-state index is 10.5. The van der Waals surface area contributed by atoms with E-state index in [0.29, 0.717) is 18.8 Å². The zero-order valence-corrected chi connectivity index (χ0v) is 10.4. The summed E-state index contributed by atoms with van der Waals surface area (Å²) in [6, 6.07) is 7.22. The molecule has 0 aliphatic carbocycles. The van der Waals surface area contributed by atoms with Crippen LogP contribution < -0.4 is 21.5 Å². The molecule has 0 bridgehead atoms. The molecular weight excluding hydrogens is 250 g/mol. The minimum atomic E-state index is -0.780. The summed E-state index contributed by atoms with van der Waals surface area (Å²) in [4.78, 5) is 20.8. The fourth-order valence-corrected chi connectivity index (χ4v) is 1.31. The van der Waals surface area contributed by atoms with E-state index in [9.17, 15) is 9.59 Å². The summed E-state index contributed by atoms with van der Waals surface area (Å²) in [5.41, 5.74) is 10.8. The zero-order chi connectivity index (χ0) is 14.1. The van der Waals surface area contributed by atoms with Gasteiger partial charge in [0.15, 0.2) is 6.61 Å². The van der Waals surface area contributed by atoms with Gasteiger partial charge in [-0.2, -0.15) is 0 Å². The van der Waals surface area contributed by atoms with Crippen molar-refractivity contribution in [2.75, 3.05) is 19.8 Å². The molecule has 1 rings (SSSR count). The van der Waals surface area contributed by atoms with Crippen molar-refractivity contribution >= 4 is 12.0 Å². The van der Waals surface area contributed by atoms with Crippen LogP contribution in [0.5, 0.6) is 5.75 Å². The van der Waals surface area contributed by atoms with Crippen molar-refractivity contribution in [3.63, 3.8) is 0 Å². The predicted octanol–water partition coefficient (Wildman–Crippen LogP) is -0.264. The molecule has 0 unspecified atom stereocenters. The van der Waals surface area contributed by atoms with Crippen LogP contribution in [-0.2, 0) is 16.1 Å². The van der Waals surface area contributed by atoms with Crippen LogP contribution in [0.2, 0.25) is 0 Å². The van der Waals surface area contributed by atoms with Gasteiger partial charge in [0.05, 0.1) is 0 Å². The summed E-state index contributed by atoms with van der Waals surface area (Å²) < 4.78 is 9.69. The van der Waals surface area contributed by atoms with E-state index in [-0.39, 0.29) is 13.2 Å². The maximum absolute atomic E-state index is 10.5. The average Bonchev–Trinajstić information content (AvgIpc) is 2.37. The Balaban J connectivity index is 2.24. The van der Waals surface area contributed by atoms with Crippen LogP contribution in [0, 0.1) is 0 Å². The Morgan fingerprint density at radius 3 is 2.42 bits per heavy atom. The lowest BCUT2D eigenvalue weighted by molar-refractivity contribution is -0.119. The van der Waals surface area contributed by atoms with Crippen LogP contribution in [0.1, 0.15) is 5.56 Å². The molecular formula is C12H17N3O4. The molecule has 104 valence electrons. The Bertz CT molecular complexity index is 419. The number of rotatable bonds is 8. The van der Waals surface area contributed by atoms with Gasteiger partial charge in [-0.05, 0) is 17.7 Å². The Kier molecular flexibility index (Phi) is 6.17. The molecule has 0 aliphatic rings. The van der Waals surface area contributed by atoms with Crippen molar-refractivity contribution < 1.29 is 19.1 Å². The summed E-state index contributed by atoms with van der Waals surface area (Å²) in [5, 5.41) is 3.08. The Hall–Kier alpha value is -2.28. The van der Waals surface area contributed by atoms with Crippen molar-refractivity contribution in [2.45, 2.75) is 6.54 Å². The lowest BCUT2D eigenvalue weighted by Crippen LogP contribution is -2.23. The lowest BCUT2D eigenvalue weighted by atomic mass is 10.2. The smallest absolute Gasteiger partial charge is 0.404 e. The molecule has 19 heavy (non-hydrogen) atoms. The van der Waals surface area contributed by atoms with E-state index in [2.05, 4.69) is 10.1 Å². The number of primary amides is 2. The van der Waals surface area contributed by atoms with Crippen molar-refractivity contribution in [1.82, 2.24) is 5.32 Å². The predicted molar refractivity (Wildman–Crippen MR) is 68.4 cm³/mol. The Labute approximate surface area is 110 Å². The van der Waals surface area contributed by atoms with Gasteiger partial charge in [0.2, 0.25) is 0 Å². The van der Waals surface area contributed by atoms with Gasteiger partial charge in [-0.15, -0.1) is 0 Å². The first-order valence-electron chi connectivity index (χ1n) is 5.71. The van der Waals surface area contributed by atoms with Gasteiger partial charge in [0.1, 0.15) is 12.4 Å². The number of benzene rings is 1. The summed E-state index contributed by atoms with van der Waals surface area (Å²) in [7, 11) is 0. The van der Waals surface area contributed by atoms with Crippen LogP contribution in [0.4, 0.5) is 4.79 Å². The fraction of sp³-hybridized carbons (Fsp3) is 0.333. The van der Waals surface area contributed by atoms with Gasteiger partial charge in [0.25, 0.3) is 5.91 Å². The number of hydrogen-bond acceptors (Lipinski definition) is 5. The molecule has 1 aromatic rings. The molecule has 0 saturated heterocycles. The molecule has 0 spiro atoms. The van der Waals surface area contributed by atoms with Crippen molar-refractivity contribution in [1.29, 1.82) is 0 Å². The van der Waals surface area contributed by atoms with E-state index in [1.165, 1.54) is 0 Å². The van der Waals surface area contributed by atoms with Gasteiger partial charge in [-0.3, -0.25) is 4.79 Å². The van der Waals surface area contributed by atoms with Crippen LogP contribution in [0.15, 0.2) is 24.3 Å². The first-order valence-corrected chi connectivity index (χ1v) is 5.71. The van der Waals surface area contributed by atoms with Crippen LogP contribution in [-0.4, -0.2) is 31.8 Å². The highest BCUT2D eigenvalue weighted by Gasteiger charge is 1.98. The monoisotopic (exact) mass is 267 g/mol. The van der Waals surface area contributed by atoms with Crippen LogP contribution >= 0.6 is 0 Å². The quantitative estimate of drug-likeness (QED) is 0.561. The molecule has 0 fully saturated rings. The first-order chi connectivity index (χ1) is 9.08. The molecule has 1 aromatic carbocycles. The molecule has 2 amide bonds. The second kappa shape index (κ2) is 7.93. The third-order valence-corrected chi connectivity index (χ3v) is 2.16. The number of nitrogens with one attached hydrogen (secondary N) is 1. The number of carbonyl (C=O) groups is 2. The van der Waals surface area contributed by atoms with Gasteiger partial charge in [-0.1, -0.05) is 12.1 Å². The van der Waals surface area contributed by atoms with Gasteiger partial charge >= 0.3 is 6.09 Å². The van der Waals surface area contributed by atoms with Gasteiger partial charge in [0, 0.05) is 13.1 Å². The largest absolute Gasteiger partial charge is 0.484 e. The molecule has 0 heterocycles. The van der Waals surface area contributed by atoms with Crippen molar-refractivity contribution in [3.05, 3.63) is 29.8 Å². The first kappa shape index (κ1) is 14.8. The minimum absolute atomic E-state index is 0.137. The van der Waals surface area contributed by atoms with Crippen LogP contribution in [0.3, 0.4) is 0 Å². The molecule has 0 atom stereocenters. The SMILES string of the molecule is NC(=O)COc1ccc(CNCCOC(N)=O)cc1. The third-order valence-electron chi connectivity index (χ3n) is 2.16. The van der Waals surface area contributed by atoms with Crippen LogP contribution in [0.25, 0.3) is 0 Å². The van der Waals surface area contributed by atoms with Crippen molar-refractivity contribution in [2.24, 2.45) is 11.5 Å². The Morgan fingerprint density at radius 2 is 1.84 bits per heavy atom. The number of carbonyl (C=O) groups excluding carboxylic acids is 2. The number of amides is 2. The highest BCUT2D eigenvalue weighted by molar-refractivity contribution is 5.75. The molecule has 0 aromatic heterocycles. The van der Waals surface area contributed by atoms with E-state index in [1.54, 1.807) is 12.1 Å². The van der Waals surface area contributed by atoms with E-state index < -0.39 is 12.0 Å². The second-order valence-electron chi connectivity index (χ2n) is 3.74. The molecule has 0 radical (unpaired) electrons. The fourth-order valence-electron chi connectivity index (χ4n) is 1.31. The molecule has 0 saturated carbocycles. The number of nitrogens with two attached hydrogens (primary N) is 2. The standard InChI is InChI=1S/C12H17N3O4/c13-11(16)8-19-10-3-1-9(2-4-10)7-15-5-6-18-12(14)17/h1-4,15H,5-8H2,(H2,13,16)(H2,14,17). The summed E-state index contributed by atoms with van der Waals surface area (Å²) in [6.45, 7) is 1.23. The molecule has 7 nitrogen and oxygen atoms in total. The summed E-state index contributed by atoms with van der Waals surface area (Å²) in [5.74, 6) is 0.0693. The van der Waals surface area contributed by atoms with Gasteiger partial charge < -0.3 is 26.3 Å². The van der Waals surface area contributed by atoms with E-state index >= 15 is 0 Å². The lowest BCUT2D eigenvalue weighted by Gasteiger charge is -2.07. The highest BCUT2D eigenvalue weighted by atomic mass is 16.5. The third kappa shape index (κ3) is 6.89. The number of hydrogen-bond donors (Lipinski definition) is 3. The zero-order valence-electron chi connectivity index (χ0n) is 10.4. The number of ether oxygens (including phenoxy) is 2. The van der Waals surface area contributed by atoms with E-state index in [0.717, 1.165) is 5.56 Å². The normalized spacial score (nSPS) is 9.89. The minimum Gasteiger partial charge on any atom is -0.484 e. The molecule has 0 aliphatic heterocycles.